The smallest absolute Gasteiger partial charge is 0.0766 e. The van der Waals surface area contributed by atoms with E-state index in [-0.39, 0.29) is 0 Å². The van der Waals surface area contributed by atoms with Crippen molar-refractivity contribution < 1.29 is 0 Å². The second-order valence-corrected chi connectivity index (χ2v) is 5.23. The molecular weight excluding hydrogens is 192 g/mol. The number of benzene rings is 1. The molecule has 3 heteroatoms. The number of hydrogen-bond acceptors (Lipinski definition) is 3. The van der Waals surface area contributed by atoms with E-state index < -0.39 is 0 Å². The molecule has 0 N–H and O–H groups in total. The second kappa shape index (κ2) is 3.39. The Morgan fingerprint density at radius 1 is 1.36 bits per heavy atom. The summed E-state index contributed by atoms with van der Waals surface area (Å²) in [7, 11) is 6.31. The van der Waals surface area contributed by atoms with E-state index in [0.717, 1.165) is 0 Å². The summed E-state index contributed by atoms with van der Waals surface area (Å²) in [4.78, 5) is 5.86. The zero-order chi connectivity index (χ0) is 10.3. The lowest BCUT2D eigenvalue weighted by molar-refractivity contribution is 0.923. The molecule has 1 aliphatic rings. The lowest BCUT2D eigenvalue weighted by Gasteiger charge is -2.17. The molecular formula is C11H16N2S. The van der Waals surface area contributed by atoms with Crippen molar-refractivity contribution in [3.8, 4) is 0 Å². The Bertz CT molecular complexity index is 349. The average molecular weight is 208 g/mol. The standard InChI is InChI=1S/C11H16N2S/c1-8-13(4)10-6-5-9(12(2)3)7-11(10)14-8/h5-8H,1-4H3. The van der Waals surface area contributed by atoms with Gasteiger partial charge in [-0.3, -0.25) is 0 Å². The highest BCUT2D eigenvalue weighted by molar-refractivity contribution is 8.00. The first-order chi connectivity index (χ1) is 6.59. The van der Waals surface area contributed by atoms with Gasteiger partial charge in [0.15, 0.2) is 0 Å². The number of anilines is 2. The zero-order valence-electron chi connectivity index (χ0n) is 9.11. The summed E-state index contributed by atoms with van der Waals surface area (Å²) in [6.07, 6.45) is 0. The van der Waals surface area contributed by atoms with Crippen LogP contribution >= 0.6 is 11.8 Å². The van der Waals surface area contributed by atoms with E-state index >= 15 is 0 Å². The fraction of sp³-hybridized carbons (Fsp3) is 0.455. The highest BCUT2D eigenvalue weighted by Crippen LogP contribution is 2.43. The number of hydrogen-bond donors (Lipinski definition) is 0. The molecule has 14 heavy (non-hydrogen) atoms. The van der Waals surface area contributed by atoms with Crippen LogP contribution in [0.3, 0.4) is 0 Å². The van der Waals surface area contributed by atoms with E-state index in [4.69, 9.17) is 0 Å². The monoisotopic (exact) mass is 208 g/mol. The highest BCUT2D eigenvalue weighted by atomic mass is 32.2. The Hall–Kier alpha value is -0.830. The molecule has 1 aliphatic heterocycles. The van der Waals surface area contributed by atoms with Gasteiger partial charge in [0.05, 0.1) is 11.1 Å². The molecule has 0 aliphatic carbocycles. The van der Waals surface area contributed by atoms with Crippen LogP contribution in [0.4, 0.5) is 11.4 Å². The molecule has 0 saturated carbocycles. The van der Waals surface area contributed by atoms with E-state index in [1.807, 2.05) is 11.8 Å². The van der Waals surface area contributed by atoms with Crippen LogP contribution in [0.2, 0.25) is 0 Å². The molecule has 2 rings (SSSR count). The summed E-state index contributed by atoms with van der Waals surface area (Å²) < 4.78 is 0. The summed E-state index contributed by atoms with van der Waals surface area (Å²) in [6, 6.07) is 6.65. The van der Waals surface area contributed by atoms with Crippen LogP contribution in [0.15, 0.2) is 23.1 Å². The molecule has 1 aromatic carbocycles. The lowest BCUT2D eigenvalue weighted by atomic mass is 10.2. The van der Waals surface area contributed by atoms with E-state index in [9.17, 15) is 0 Å². The first-order valence-corrected chi connectivity index (χ1v) is 5.68. The number of rotatable bonds is 1. The van der Waals surface area contributed by atoms with E-state index in [1.54, 1.807) is 0 Å². The Balaban J connectivity index is 2.39. The Kier molecular flexibility index (Phi) is 2.35. The highest BCUT2D eigenvalue weighted by Gasteiger charge is 2.23. The predicted octanol–water partition coefficient (Wildman–Crippen LogP) is 2.64. The average Bonchev–Trinajstić information content (AvgIpc) is 2.42. The largest absolute Gasteiger partial charge is 0.378 e. The Labute approximate surface area is 89.9 Å². The first-order valence-electron chi connectivity index (χ1n) is 4.80. The topological polar surface area (TPSA) is 6.48 Å². The van der Waals surface area contributed by atoms with Crippen LogP contribution in [0, 0.1) is 0 Å². The summed E-state index contributed by atoms with van der Waals surface area (Å²) >= 11 is 1.93. The molecule has 0 radical (unpaired) electrons. The van der Waals surface area contributed by atoms with Crippen molar-refractivity contribution in [2.45, 2.75) is 17.2 Å². The maximum atomic E-state index is 2.32. The summed E-state index contributed by atoms with van der Waals surface area (Å²) in [5, 5.41) is 0.558. The van der Waals surface area contributed by atoms with Crippen LogP contribution in [-0.4, -0.2) is 26.5 Å². The molecule has 76 valence electrons. The van der Waals surface area contributed by atoms with Gasteiger partial charge >= 0.3 is 0 Å². The molecule has 0 fully saturated rings. The van der Waals surface area contributed by atoms with Crippen molar-refractivity contribution in [2.75, 3.05) is 30.9 Å². The Morgan fingerprint density at radius 2 is 2.07 bits per heavy atom. The third kappa shape index (κ3) is 1.46. The zero-order valence-corrected chi connectivity index (χ0v) is 9.93. The van der Waals surface area contributed by atoms with Gasteiger partial charge in [-0.1, -0.05) is 11.8 Å². The molecule has 0 saturated heterocycles. The second-order valence-electron chi connectivity index (χ2n) is 3.87. The van der Waals surface area contributed by atoms with Crippen LogP contribution in [0.1, 0.15) is 6.92 Å². The van der Waals surface area contributed by atoms with Crippen LogP contribution in [-0.2, 0) is 0 Å². The fourth-order valence-corrected chi connectivity index (χ4v) is 2.79. The van der Waals surface area contributed by atoms with E-state index in [1.165, 1.54) is 16.3 Å². The maximum Gasteiger partial charge on any atom is 0.0766 e. The van der Waals surface area contributed by atoms with Gasteiger partial charge < -0.3 is 9.80 Å². The van der Waals surface area contributed by atoms with Crippen molar-refractivity contribution >= 4 is 23.1 Å². The minimum atomic E-state index is 0.558. The third-order valence-corrected chi connectivity index (χ3v) is 3.92. The normalized spacial score (nSPS) is 19.7. The van der Waals surface area contributed by atoms with Gasteiger partial charge in [-0.05, 0) is 25.1 Å². The van der Waals surface area contributed by atoms with Crippen molar-refractivity contribution in [3.63, 3.8) is 0 Å². The SMILES string of the molecule is CC1Sc2cc(N(C)C)ccc2N1C. The van der Waals surface area contributed by atoms with Gasteiger partial charge in [-0.2, -0.15) is 0 Å². The van der Waals surface area contributed by atoms with Crippen LogP contribution in [0.25, 0.3) is 0 Å². The van der Waals surface area contributed by atoms with Crippen LogP contribution in [0.5, 0.6) is 0 Å². The predicted molar refractivity (Wildman–Crippen MR) is 64.5 cm³/mol. The van der Waals surface area contributed by atoms with Crippen molar-refractivity contribution in [2.24, 2.45) is 0 Å². The minimum Gasteiger partial charge on any atom is -0.378 e. The molecule has 0 amide bonds. The quantitative estimate of drug-likeness (QED) is 0.700. The van der Waals surface area contributed by atoms with E-state index in [2.05, 4.69) is 56.1 Å². The van der Waals surface area contributed by atoms with Gasteiger partial charge in [0, 0.05) is 31.7 Å². The van der Waals surface area contributed by atoms with Gasteiger partial charge in [0.2, 0.25) is 0 Å². The molecule has 1 aromatic rings. The molecule has 1 atom stereocenters. The number of nitrogens with zero attached hydrogens (tertiary/aromatic N) is 2. The molecule has 1 unspecified atom stereocenters. The van der Waals surface area contributed by atoms with Gasteiger partial charge in [-0.15, -0.1) is 0 Å². The van der Waals surface area contributed by atoms with E-state index in [0.29, 0.717) is 5.37 Å². The Morgan fingerprint density at radius 3 is 2.71 bits per heavy atom. The number of fused-ring (bicyclic) bond motifs is 1. The summed E-state index contributed by atoms with van der Waals surface area (Å²) in [6.45, 7) is 2.24. The summed E-state index contributed by atoms with van der Waals surface area (Å²) in [5.41, 5.74) is 2.63. The van der Waals surface area contributed by atoms with Gasteiger partial charge in [0.1, 0.15) is 0 Å². The first kappa shape index (κ1) is 9.71. The lowest BCUT2D eigenvalue weighted by Crippen LogP contribution is -2.20. The summed E-state index contributed by atoms with van der Waals surface area (Å²) in [5.74, 6) is 0. The van der Waals surface area contributed by atoms with Crippen LogP contribution < -0.4 is 9.80 Å². The molecule has 0 bridgehead atoms. The minimum absolute atomic E-state index is 0.558. The third-order valence-electron chi connectivity index (χ3n) is 2.68. The van der Waals surface area contributed by atoms with Gasteiger partial charge in [-0.25, -0.2) is 0 Å². The molecule has 0 aromatic heterocycles. The van der Waals surface area contributed by atoms with Crippen molar-refractivity contribution in [1.82, 2.24) is 0 Å². The van der Waals surface area contributed by atoms with Crippen molar-refractivity contribution in [1.29, 1.82) is 0 Å². The number of thioether (sulfide) groups is 1. The molecule has 2 nitrogen and oxygen atoms in total. The molecule has 0 spiro atoms. The maximum absolute atomic E-state index is 2.32. The fourth-order valence-electron chi connectivity index (χ4n) is 1.63. The van der Waals surface area contributed by atoms with Crippen molar-refractivity contribution in [3.05, 3.63) is 18.2 Å². The molecule has 1 heterocycles. The van der Waals surface area contributed by atoms with Gasteiger partial charge in [0.25, 0.3) is 0 Å².